The Balaban J connectivity index is 1.15. The van der Waals surface area contributed by atoms with Crippen molar-refractivity contribution in [3.05, 3.63) is 74.2 Å². The molecular formula is C30H34F3N7OS. The lowest BCUT2D eigenvalue weighted by molar-refractivity contribution is -0.137. The summed E-state index contributed by atoms with van der Waals surface area (Å²) < 4.78 is 41.4. The number of likely N-dealkylation sites (N-methyl/N-ethyl adjacent to an activating group) is 1. The standard InChI is InChI=1S/C30H34F3N7OS/c1-18-25-10-20(12-34-28(25)37-36-18)14-40-7-5-24-26(17-42-27(24)16-40)29(41)35-22-9-19(8-21(11-22)30(31,32)33)13-39-6-4-23(15-39)38(2)3/h8-12,17,23H,4-7,13-16H2,1-3H3,(H,35,41)(H,34,36,37). The molecule has 8 nitrogen and oxygen atoms in total. The Bertz CT molecular complexity index is 1610. The first kappa shape index (κ1) is 28.8. The molecule has 222 valence electrons. The smallest absolute Gasteiger partial charge is 0.322 e. The quantitative estimate of drug-likeness (QED) is 0.301. The summed E-state index contributed by atoms with van der Waals surface area (Å²) >= 11 is 1.52. The van der Waals surface area contributed by atoms with Gasteiger partial charge in [0.25, 0.3) is 5.91 Å². The average Bonchev–Trinajstić information content (AvgIpc) is 3.67. The number of alkyl halides is 3. The molecule has 1 atom stereocenters. The van der Waals surface area contributed by atoms with Crippen LogP contribution in [0.3, 0.4) is 0 Å². The van der Waals surface area contributed by atoms with Gasteiger partial charge in [0.2, 0.25) is 0 Å². The summed E-state index contributed by atoms with van der Waals surface area (Å²) in [6.07, 6.45) is -0.977. The van der Waals surface area contributed by atoms with Gasteiger partial charge in [0.15, 0.2) is 5.65 Å². The number of pyridine rings is 1. The fourth-order valence-corrected chi connectivity index (χ4v) is 7.10. The third kappa shape index (κ3) is 6.07. The topological polar surface area (TPSA) is 80.4 Å². The molecule has 0 aliphatic carbocycles. The lowest BCUT2D eigenvalue weighted by atomic mass is 10.0. The van der Waals surface area contributed by atoms with Crippen LogP contribution in [0.1, 0.15) is 49.6 Å². The maximum Gasteiger partial charge on any atom is 0.416 e. The number of nitrogens with one attached hydrogen (secondary N) is 2. The minimum Gasteiger partial charge on any atom is -0.322 e. The van der Waals surface area contributed by atoms with Crippen molar-refractivity contribution >= 4 is 34.0 Å². The minimum absolute atomic E-state index is 0.169. The third-order valence-electron chi connectivity index (χ3n) is 8.30. The molecule has 3 aromatic heterocycles. The zero-order valence-electron chi connectivity index (χ0n) is 23.9. The van der Waals surface area contributed by atoms with E-state index in [1.54, 1.807) is 6.07 Å². The van der Waals surface area contributed by atoms with Crippen molar-refractivity contribution < 1.29 is 18.0 Å². The molecule has 0 saturated carbocycles. The molecule has 0 radical (unpaired) electrons. The van der Waals surface area contributed by atoms with E-state index < -0.39 is 11.7 Å². The van der Waals surface area contributed by atoms with Crippen LogP contribution in [0.25, 0.3) is 11.0 Å². The number of anilines is 1. The third-order valence-corrected chi connectivity index (χ3v) is 9.32. The van der Waals surface area contributed by atoms with E-state index in [0.29, 0.717) is 36.7 Å². The summed E-state index contributed by atoms with van der Waals surface area (Å²) in [6.45, 7) is 6.18. The molecule has 4 aromatic rings. The number of amides is 1. The maximum atomic E-state index is 13.8. The Morgan fingerprint density at radius 2 is 1.95 bits per heavy atom. The van der Waals surface area contributed by atoms with Gasteiger partial charge < -0.3 is 10.2 Å². The van der Waals surface area contributed by atoms with Crippen LogP contribution in [0.5, 0.6) is 0 Å². The van der Waals surface area contributed by atoms with Crippen LogP contribution in [0.15, 0.2) is 35.8 Å². The van der Waals surface area contributed by atoms with Crippen LogP contribution < -0.4 is 5.32 Å². The number of fused-ring (bicyclic) bond motifs is 2. The number of hydrogen-bond acceptors (Lipinski definition) is 7. The van der Waals surface area contributed by atoms with Crippen molar-refractivity contribution in [2.75, 3.05) is 39.0 Å². The number of likely N-dealkylation sites (tertiary alicyclic amines) is 1. The Hall–Kier alpha value is -3.32. The molecular weight excluding hydrogens is 563 g/mol. The van der Waals surface area contributed by atoms with Gasteiger partial charge in [0, 0.05) is 72.8 Å². The van der Waals surface area contributed by atoms with Gasteiger partial charge in [0.05, 0.1) is 16.8 Å². The highest BCUT2D eigenvalue weighted by atomic mass is 32.1. The van der Waals surface area contributed by atoms with E-state index in [1.165, 1.54) is 17.4 Å². The van der Waals surface area contributed by atoms with E-state index >= 15 is 0 Å². The van der Waals surface area contributed by atoms with Gasteiger partial charge in [-0.3, -0.25) is 19.7 Å². The fraction of sp³-hybridized carbons (Fsp3) is 0.433. The van der Waals surface area contributed by atoms with E-state index in [-0.39, 0.29) is 11.6 Å². The molecule has 0 spiro atoms. The van der Waals surface area contributed by atoms with Crippen molar-refractivity contribution in [3.8, 4) is 0 Å². The van der Waals surface area contributed by atoms with Crippen molar-refractivity contribution in [2.45, 2.75) is 51.6 Å². The summed E-state index contributed by atoms with van der Waals surface area (Å²) in [7, 11) is 4.04. The maximum absolute atomic E-state index is 13.8. The highest BCUT2D eigenvalue weighted by Crippen LogP contribution is 2.34. The molecule has 2 N–H and O–H groups in total. The second kappa shape index (κ2) is 11.4. The summed E-state index contributed by atoms with van der Waals surface area (Å²) in [4.78, 5) is 25.6. The number of carbonyl (C=O) groups excluding carboxylic acids is 1. The van der Waals surface area contributed by atoms with Crippen LogP contribution >= 0.6 is 11.3 Å². The minimum atomic E-state index is -4.51. The van der Waals surface area contributed by atoms with Crippen LogP contribution in [-0.4, -0.2) is 75.6 Å². The van der Waals surface area contributed by atoms with Crippen LogP contribution in [-0.2, 0) is 32.2 Å². The Labute approximate surface area is 246 Å². The number of nitrogens with zero attached hydrogens (tertiary/aromatic N) is 5. The van der Waals surface area contributed by atoms with Gasteiger partial charge in [-0.1, -0.05) is 0 Å². The zero-order valence-corrected chi connectivity index (χ0v) is 24.7. The molecule has 2 aliphatic rings. The van der Waals surface area contributed by atoms with Crippen molar-refractivity contribution in [1.29, 1.82) is 0 Å². The largest absolute Gasteiger partial charge is 0.416 e. The first-order chi connectivity index (χ1) is 20.0. The normalized spacial score (nSPS) is 18.2. The molecule has 5 heterocycles. The van der Waals surface area contributed by atoms with Crippen LogP contribution in [0, 0.1) is 6.92 Å². The van der Waals surface area contributed by atoms with E-state index in [9.17, 15) is 18.0 Å². The van der Waals surface area contributed by atoms with E-state index in [0.717, 1.165) is 71.4 Å². The zero-order chi connectivity index (χ0) is 29.6. The molecule has 1 amide bonds. The average molecular weight is 598 g/mol. The fourth-order valence-electron chi connectivity index (χ4n) is 5.97. The van der Waals surface area contributed by atoms with Crippen molar-refractivity contribution in [2.24, 2.45) is 0 Å². The number of H-pyrrole nitrogens is 1. The van der Waals surface area contributed by atoms with E-state index in [4.69, 9.17) is 0 Å². The molecule has 6 rings (SSSR count). The molecule has 12 heteroatoms. The number of aryl methyl sites for hydroxylation is 1. The summed E-state index contributed by atoms with van der Waals surface area (Å²) in [5, 5.41) is 12.8. The Morgan fingerprint density at radius 3 is 2.71 bits per heavy atom. The van der Waals surface area contributed by atoms with Gasteiger partial charge in [-0.05, 0) is 74.8 Å². The predicted octanol–water partition coefficient (Wildman–Crippen LogP) is 5.29. The second-order valence-corrected chi connectivity index (χ2v) is 12.5. The monoisotopic (exact) mass is 597 g/mol. The highest BCUT2D eigenvalue weighted by molar-refractivity contribution is 7.10. The van der Waals surface area contributed by atoms with E-state index in [2.05, 4.69) is 41.3 Å². The lowest BCUT2D eigenvalue weighted by Gasteiger charge is -2.27. The molecule has 0 bridgehead atoms. The summed E-state index contributed by atoms with van der Waals surface area (Å²) in [6, 6.07) is 6.39. The SMILES string of the molecule is Cc1n[nH]c2ncc(CN3CCc4c(C(=O)Nc5cc(CN6CCC(N(C)C)C6)cc(C(F)(F)F)c5)csc4C3)cc12. The first-order valence-corrected chi connectivity index (χ1v) is 14.9. The first-order valence-electron chi connectivity index (χ1n) is 14.1. The molecule has 1 unspecified atom stereocenters. The number of carbonyl (C=O) groups is 1. The number of halogens is 3. The van der Waals surface area contributed by atoms with Gasteiger partial charge in [-0.15, -0.1) is 11.3 Å². The van der Waals surface area contributed by atoms with Crippen molar-refractivity contribution in [1.82, 2.24) is 29.9 Å². The molecule has 42 heavy (non-hydrogen) atoms. The van der Waals surface area contributed by atoms with Gasteiger partial charge in [0.1, 0.15) is 0 Å². The number of aromatic amines is 1. The lowest BCUT2D eigenvalue weighted by Crippen LogP contribution is -2.31. The number of rotatable bonds is 7. The molecule has 1 fully saturated rings. The predicted molar refractivity (Wildman–Crippen MR) is 158 cm³/mol. The molecule has 2 aliphatic heterocycles. The van der Waals surface area contributed by atoms with Crippen molar-refractivity contribution in [3.63, 3.8) is 0 Å². The molecule has 1 aromatic carbocycles. The summed E-state index contributed by atoms with van der Waals surface area (Å²) in [5.74, 6) is -0.370. The Morgan fingerprint density at radius 1 is 1.14 bits per heavy atom. The van der Waals surface area contributed by atoms with Gasteiger partial charge in [-0.2, -0.15) is 18.3 Å². The number of aromatic nitrogens is 3. The van der Waals surface area contributed by atoms with E-state index in [1.807, 2.05) is 32.6 Å². The second-order valence-electron chi connectivity index (χ2n) is 11.6. The molecule has 1 saturated heterocycles. The number of thiophene rings is 1. The highest BCUT2D eigenvalue weighted by Gasteiger charge is 2.32. The van der Waals surface area contributed by atoms with Crippen LogP contribution in [0.2, 0.25) is 0 Å². The van der Waals surface area contributed by atoms with Crippen LogP contribution in [0.4, 0.5) is 18.9 Å². The number of benzene rings is 1. The summed E-state index contributed by atoms with van der Waals surface area (Å²) in [5.41, 5.74) is 4.26. The Kier molecular flexibility index (Phi) is 7.81. The van der Waals surface area contributed by atoms with Gasteiger partial charge >= 0.3 is 6.18 Å². The number of hydrogen-bond donors (Lipinski definition) is 2. The van der Waals surface area contributed by atoms with Gasteiger partial charge in [-0.25, -0.2) is 4.98 Å².